The molecule has 0 saturated carbocycles. The lowest BCUT2D eigenvalue weighted by atomic mass is 10.2. The van der Waals surface area contributed by atoms with Gasteiger partial charge in [0.25, 0.3) is 0 Å². The van der Waals surface area contributed by atoms with Crippen molar-refractivity contribution in [2.75, 3.05) is 5.32 Å². The molecule has 0 radical (unpaired) electrons. The van der Waals surface area contributed by atoms with Crippen LogP contribution in [0.25, 0.3) is 0 Å². The number of hydrogen-bond donors (Lipinski definition) is 2. The van der Waals surface area contributed by atoms with Gasteiger partial charge in [-0.05, 0) is 31.5 Å². The number of carbonyl (C=O) groups is 1. The van der Waals surface area contributed by atoms with Crippen molar-refractivity contribution in [3.8, 4) is 0 Å². The first-order valence-electron chi connectivity index (χ1n) is 5.21. The lowest BCUT2D eigenvalue weighted by Crippen LogP contribution is -1.99. The molecule has 0 spiro atoms. The number of aromatic carboxylic acids is 1. The van der Waals surface area contributed by atoms with Crippen LogP contribution in [0.4, 0.5) is 15.2 Å². The van der Waals surface area contributed by atoms with Gasteiger partial charge in [-0.15, -0.1) is 11.3 Å². The number of carboxylic acids is 1. The first kappa shape index (κ1) is 12.5. The molecule has 0 aliphatic carbocycles. The highest BCUT2D eigenvalue weighted by Crippen LogP contribution is 2.26. The van der Waals surface area contributed by atoms with Gasteiger partial charge >= 0.3 is 5.97 Å². The average Bonchev–Trinajstić information content (AvgIpc) is 2.65. The van der Waals surface area contributed by atoms with Crippen molar-refractivity contribution in [1.29, 1.82) is 0 Å². The van der Waals surface area contributed by atoms with Gasteiger partial charge in [-0.25, -0.2) is 14.2 Å². The number of nitrogens with zero attached hydrogens (tertiary/aromatic N) is 1. The van der Waals surface area contributed by atoms with E-state index >= 15 is 0 Å². The molecule has 2 rings (SSSR count). The molecule has 6 heteroatoms. The van der Waals surface area contributed by atoms with Gasteiger partial charge in [0.1, 0.15) is 5.82 Å². The first-order valence-corrected chi connectivity index (χ1v) is 6.03. The molecule has 1 heterocycles. The van der Waals surface area contributed by atoms with Gasteiger partial charge in [-0.3, -0.25) is 0 Å². The van der Waals surface area contributed by atoms with E-state index in [0.29, 0.717) is 21.3 Å². The fraction of sp³-hybridized carbons (Fsp3) is 0.167. The van der Waals surface area contributed by atoms with Crippen LogP contribution in [0.1, 0.15) is 20.9 Å². The SMILES string of the molecule is Cc1ccc(Nc2nc(C(=O)O)c(C)s2)cc1F. The maximum Gasteiger partial charge on any atom is 0.355 e. The van der Waals surface area contributed by atoms with Crippen LogP contribution in [0, 0.1) is 19.7 Å². The molecule has 1 aromatic carbocycles. The van der Waals surface area contributed by atoms with E-state index in [-0.39, 0.29) is 11.5 Å². The van der Waals surface area contributed by atoms with E-state index in [1.807, 2.05) is 0 Å². The van der Waals surface area contributed by atoms with E-state index in [9.17, 15) is 9.18 Å². The summed E-state index contributed by atoms with van der Waals surface area (Å²) in [7, 11) is 0. The quantitative estimate of drug-likeness (QED) is 0.894. The van der Waals surface area contributed by atoms with E-state index in [1.165, 1.54) is 17.4 Å². The lowest BCUT2D eigenvalue weighted by molar-refractivity contribution is 0.0690. The van der Waals surface area contributed by atoms with Crippen LogP contribution in [0.5, 0.6) is 0 Å². The molecular weight excluding hydrogens is 255 g/mol. The van der Waals surface area contributed by atoms with Gasteiger partial charge in [0.15, 0.2) is 10.8 Å². The van der Waals surface area contributed by atoms with E-state index in [0.717, 1.165) is 0 Å². The monoisotopic (exact) mass is 266 g/mol. The summed E-state index contributed by atoms with van der Waals surface area (Å²) in [5.41, 5.74) is 1.13. The third-order valence-electron chi connectivity index (χ3n) is 2.42. The second-order valence-electron chi connectivity index (χ2n) is 3.82. The second-order valence-corrected chi connectivity index (χ2v) is 5.02. The minimum atomic E-state index is -1.06. The molecule has 0 aliphatic heterocycles. The molecular formula is C12H11FN2O2S. The number of rotatable bonds is 3. The highest BCUT2D eigenvalue weighted by molar-refractivity contribution is 7.15. The molecule has 0 unspecified atom stereocenters. The zero-order valence-electron chi connectivity index (χ0n) is 9.82. The number of benzene rings is 1. The minimum Gasteiger partial charge on any atom is -0.476 e. The largest absolute Gasteiger partial charge is 0.476 e. The van der Waals surface area contributed by atoms with Crippen LogP contribution in [0.2, 0.25) is 0 Å². The Labute approximate surface area is 107 Å². The van der Waals surface area contributed by atoms with E-state index in [4.69, 9.17) is 5.11 Å². The molecule has 2 N–H and O–H groups in total. The molecule has 2 aromatic rings. The van der Waals surface area contributed by atoms with Crippen molar-refractivity contribution >= 4 is 28.1 Å². The number of anilines is 2. The summed E-state index contributed by atoms with van der Waals surface area (Å²) in [5, 5.41) is 12.2. The summed E-state index contributed by atoms with van der Waals surface area (Å²) >= 11 is 1.22. The van der Waals surface area contributed by atoms with Gasteiger partial charge < -0.3 is 10.4 Å². The second kappa shape index (κ2) is 4.73. The Hall–Kier alpha value is -1.95. The third-order valence-corrected chi connectivity index (χ3v) is 3.31. The number of thiazole rings is 1. The molecule has 0 aliphatic rings. The normalized spacial score (nSPS) is 10.4. The number of aromatic nitrogens is 1. The molecule has 94 valence electrons. The van der Waals surface area contributed by atoms with Crippen LogP contribution in [-0.2, 0) is 0 Å². The average molecular weight is 266 g/mol. The Bertz CT molecular complexity index is 610. The van der Waals surface area contributed by atoms with Crippen molar-refractivity contribution in [1.82, 2.24) is 4.98 Å². The summed E-state index contributed by atoms with van der Waals surface area (Å²) in [5.74, 6) is -1.38. The summed E-state index contributed by atoms with van der Waals surface area (Å²) in [6.07, 6.45) is 0. The first-order chi connectivity index (χ1) is 8.47. The number of carboxylic acid groups (broad SMARTS) is 1. The predicted molar refractivity (Wildman–Crippen MR) is 68.2 cm³/mol. The zero-order chi connectivity index (χ0) is 13.3. The Morgan fingerprint density at radius 2 is 2.17 bits per heavy atom. The number of hydrogen-bond acceptors (Lipinski definition) is 4. The van der Waals surface area contributed by atoms with Crippen LogP contribution in [-0.4, -0.2) is 16.1 Å². The Kier molecular flexibility index (Phi) is 3.29. The molecule has 1 aromatic heterocycles. The molecule has 4 nitrogen and oxygen atoms in total. The van der Waals surface area contributed by atoms with Gasteiger partial charge in [0, 0.05) is 10.6 Å². The summed E-state index contributed by atoms with van der Waals surface area (Å²) < 4.78 is 13.3. The summed E-state index contributed by atoms with van der Waals surface area (Å²) in [4.78, 5) is 15.4. The Morgan fingerprint density at radius 1 is 1.44 bits per heavy atom. The van der Waals surface area contributed by atoms with Crippen LogP contribution >= 0.6 is 11.3 Å². The molecule has 18 heavy (non-hydrogen) atoms. The molecule has 0 bridgehead atoms. The fourth-order valence-corrected chi connectivity index (χ4v) is 2.27. The standard InChI is InChI=1S/C12H11FN2O2S/c1-6-3-4-8(5-9(6)13)14-12-15-10(11(16)17)7(2)18-12/h3-5H,1-2H3,(H,14,15)(H,16,17). The third kappa shape index (κ3) is 2.48. The smallest absolute Gasteiger partial charge is 0.355 e. The molecule has 0 saturated heterocycles. The predicted octanol–water partition coefficient (Wildman–Crippen LogP) is 3.34. The van der Waals surface area contributed by atoms with Crippen molar-refractivity contribution in [2.24, 2.45) is 0 Å². The van der Waals surface area contributed by atoms with Crippen molar-refractivity contribution in [3.63, 3.8) is 0 Å². The number of nitrogens with one attached hydrogen (secondary N) is 1. The van der Waals surface area contributed by atoms with Crippen LogP contribution < -0.4 is 5.32 Å². The highest BCUT2D eigenvalue weighted by atomic mass is 32.1. The molecule has 0 fully saturated rings. The van der Waals surface area contributed by atoms with Gasteiger partial charge in [-0.2, -0.15) is 0 Å². The molecule has 0 amide bonds. The number of aryl methyl sites for hydroxylation is 2. The number of halogens is 1. The lowest BCUT2D eigenvalue weighted by Gasteiger charge is -2.03. The maximum absolute atomic E-state index is 13.3. The molecule has 0 atom stereocenters. The van der Waals surface area contributed by atoms with Gasteiger partial charge in [0.05, 0.1) is 0 Å². The Morgan fingerprint density at radius 3 is 2.72 bits per heavy atom. The van der Waals surface area contributed by atoms with Crippen molar-refractivity contribution < 1.29 is 14.3 Å². The highest BCUT2D eigenvalue weighted by Gasteiger charge is 2.14. The van der Waals surface area contributed by atoms with Crippen molar-refractivity contribution in [2.45, 2.75) is 13.8 Å². The fourth-order valence-electron chi connectivity index (χ4n) is 1.44. The van der Waals surface area contributed by atoms with Gasteiger partial charge in [0.2, 0.25) is 0 Å². The van der Waals surface area contributed by atoms with E-state index in [2.05, 4.69) is 10.3 Å². The van der Waals surface area contributed by atoms with E-state index < -0.39 is 5.97 Å². The summed E-state index contributed by atoms with van der Waals surface area (Å²) in [6.45, 7) is 3.36. The summed E-state index contributed by atoms with van der Waals surface area (Å²) in [6, 6.07) is 4.72. The maximum atomic E-state index is 13.3. The van der Waals surface area contributed by atoms with E-state index in [1.54, 1.807) is 26.0 Å². The minimum absolute atomic E-state index is 0.0232. The Balaban J connectivity index is 2.26. The topological polar surface area (TPSA) is 62.2 Å². The van der Waals surface area contributed by atoms with Crippen molar-refractivity contribution in [3.05, 3.63) is 40.2 Å². The zero-order valence-corrected chi connectivity index (χ0v) is 10.6. The van der Waals surface area contributed by atoms with Crippen LogP contribution in [0.15, 0.2) is 18.2 Å². The van der Waals surface area contributed by atoms with Gasteiger partial charge in [-0.1, -0.05) is 6.07 Å². The van der Waals surface area contributed by atoms with Crippen LogP contribution in [0.3, 0.4) is 0 Å².